The van der Waals surface area contributed by atoms with Crippen LogP contribution in [0.25, 0.3) is 0 Å². The van der Waals surface area contributed by atoms with E-state index in [4.69, 9.17) is 25.3 Å². The highest BCUT2D eigenvalue weighted by molar-refractivity contribution is 5.61. The van der Waals surface area contributed by atoms with Gasteiger partial charge >= 0.3 is 6.18 Å². The fourth-order valence-corrected chi connectivity index (χ4v) is 1.59. The van der Waals surface area contributed by atoms with Crippen LogP contribution in [-0.4, -0.2) is 20.3 Å². The maximum atomic E-state index is 13.0. The summed E-state index contributed by atoms with van der Waals surface area (Å²) in [4.78, 5) is 0. The second kappa shape index (κ2) is 8.42. The van der Waals surface area contributed by atoms with Crippen LogP contribution in [0.4, 0.5) is 18.9 Å². The smallest absolute Gasteiger partial charge is 0.416 e. The molecule has 1 rings (SSSR count). The lowest BCUT2D eigenvalue weighted by molar-refractivity contribution is -0.137. The van der Waals surface area contributed by atoms with Gasteiger partial charge < -0.3 is 14.8 Å². The van der Waals surface area contributed by atoms with Crippen LogP contribution in [-0.2, 0) is 10.9 Å². The Hall–Kier alpha value is -3.22. The van der Waals surface area contributed by atoms with Gasteiger partial charge in [-0.2, -0.15) is 29.0 Å². The molecule has 1 aromatic carbocycles. The number of hydrogen-bond donors (Lipinski definition) is 1. The number of methoxy groups -OCH3 is 1. The molecule has 1 N–H and O–H groups in total. The van der Waals surface area contributed by atoms with E-state index >= 15 is 0 Å². The van der Waals surface area contributed by atoms with Gasteiger partial charge in [0.25, 0.3) is 0 Å². The van der Waals surface area contributed by atoms with Gasteiger partial charge in [0, 0.05) is 18.9 Å². The molecule has 0 aliphatic heterocycles. The van der Waals surface area contributed by atoms with E-state index in [0.717, 1.165) is 12.1 Å². The van der Waals surface area contributed by atoms with Crippen LogP contribution < -0.4 is 10.1 Å². The molecule has 124 valence electrons. The summed E-state index contributed by atoms with van der Waals surface area (Å²) in [5.41, 5.74) is -2.15. The average molecular weight is 336 g/mol. The van der Waals surface area contributed by atoms with Gasteiger partial charge in [0.15, 0.2) is 5.57 Å². The molecule has 0 saturated heterocycles. The largest absolute Gasteiger partial charge is 0.491 e. The summed E-state index contributed by atoms with van der Waals surface area (Å²) in [6.45, 7) is 0.204. The summed E-state index contributed by atoms with van der Waals surface area (Å²) in [6.07, 6.45) is -4.64. The van der Waals surface area contributed by atoms with Crippen LogP contribution >= 0.6 is 0 Å². The second-order valence-corrected chi connectivity index (χ2v) is 4.30. The van der Waals surface area contributed by atoms with Gasteiger partial charge in [-0.3, -0.25) is 0 Å². The standard InChI is InChI=1S/C15H11F3N4O2/c1-23-2-3-24-13-5-11(15(16,17)18)4-12(6-13)22-14(9-21)10(7-19)8-20/h4-6,22H,2-3H2,1H3. The van der Waals surface area contributed by atoms with Crippen molar-refractivity contribution in [2.75, 3.05) is 25.6 Å². The first-order valence-corrected chi connectivity index (χ1v) is 6.41. The summed E-state index contributed by atoms with van der Waals surface area (Å²) < 4.78 is 48.8. The van der Waals surface area contributed by atoms with Crippen LogP contribution in [0.5, 0.6) is 5.75 Å². The quantitative estimate of drug-likeness (QED) is 0.633. The normalized spacial score (nSPS) is 10.0. The maximum absolute atomic E-state index is 13.0. The third kappa shape index (κ3) is 5.20. The van der Waals surface area contributed by atoms with Crippen LogP contribution in [0.1, 0.15) is 5.56 Å². The molecule has 0 aliphatic carbocycles. The molecule has 0 amide bonds. The third-order valence-electron chi connectivity index (χ3n) is 2.64. The molecule has 1 aromatic rings. The molecule has 0 atom stereocenters. The molecule has 0 radical (unpaired) electrons. The minimum atomic E-state index is -4.64. The maximum Gasteiger partial charge on any atom is 0.416 e. The van der Waals surface area contributed by atoms with Gasteiger partial charge in [-0.1, -0.05) is 0 Å². The van der Waals surface area contributed by atoms with E-state index in [1.807, 2.05) is 0 Å². The van der Waals surface area contributed by atoms with Crippen LogP contribution in [0.3, 0.4) is 0 Å². The Labute approximate surface area is 135 Å². The number of ether oxygens (including phenoxy) is 2. The van der Waals surface area contributed by atoms with E-state index in [2.05, 4.69) is 5.32 Å². The number of anilines is 1. The van der Waals surface area contributed by atoms with Gasteiger partial charge in [-0.05, 0) is 12.1 Å². The zero-order valence-electron chi connectivity index (χ0n) is 12.4. The number of nitrogens with zero attached hydrogens (tertiary/aromatic N) is 3. The number of allylic oxidation sites excluding steroid dienone is 2. The van der Waals surface area contributed by atoms with Gasteiger partial charge in [-0.25, -0.2) is 0 Å². The lowest BCUT2D eigenvalue weighted by atomic mass is 10.1. The predicted octanol–water partition coefficient (Wildman–Crippen LogP) is 2.97. The van der Waals surface area contributed by atoms with Crippen molar-refractivity contribution < 1.29 is 22.6 Å². The molecular weight excluding hydrogens is 325 g/mol. The fraction of sp³-hybridized carbons (Fsp3) is 0.267. The summed E-state index contributed by atoms with van der Waals surface area (Å²) in [7, 11) is 1.41. The first-order chi connectivity index (χ1) is 11.3. The summed E-state index contributed by atoms with van der Waals surface area (Å²) in [5.74, 6) is -0.0999. The van der Waals surface area contributed by atoms with Crippen molar-refractivity contribution >= 4 is 5.69 Å². The molecule has 6 nitrogen and oxygen atoms in total. The Balaban J connectivity index is 3.25. The predicted molar refractivity (Wildman–Crippen MR) is 76.3 cm³/mol. The van der Waals surface area contributed by atoms with Gasteiger partial charge in [0.2, 0.25) is 0 Å². The van der Waals surface area contributed by atoms with Crippen molar-refractivity contribution in [3.63, 3.8) is 0 Å². The number of nitriles is 3. The summed E-state index contributed by atoms with van der Waals surface area (Å²) in [6, 6.07) is 7.30. The van der Waals surface area contributed by atoms with E-state index < -0.39 is 23.0 Å². The van der Waals surface area contributed by atoms with Crippen LogP contribution in [0.15, 0.2) is 29.5 Å². The van der Waals surface area contributed by atoms with E-state index in [-0.39, 0.29) is 24.7 Å². The number of benzene rings is 1. The molecule has 0 aromatic heterocycles. The van der Waals surface area contributed by atoms with Crippen molar-refractivity contribution in [3.8, 4) is 24.0 Å². The number of rotatable bonds is 6. The van der Waals surface area contributed by atoms with Crippen molar-refractivity contribution in [1.82, 2.24) is 0 Å². The highest BCUT2D eigenvalue weighted by Crippen LogP contribution is 2.34. The number of nitrogens with one attached hydrogen (secondary N) is 1. The zero-order chi connectivity index (χ0) is 18.2. The van der Waals surface area contributed by atoms with Crippen molar-refractivity contribution in [2.24, 2.45) is 0 Å². The Bertz CT molecular complexity index is 736. The molecular formula is C15H11F3N4O2. The number of halogens is 3. The summed E-state index contributed by atoms with van der Waals surface area (Å²) in [5, 5.41) is 28.8. The SMILES string of the molecule is COCCOc1cc(NC(C#N)=C(C#N)C#N)cc(C(F)(F)F)c1. The Morgan fingerprint density at radius 3 is 2.25 bits per heavy atom. The molecule has 0 saturated carbocycles. The molecule has 0 fully saturated rings. The summed E-state index contributed by atoms with van der Waals surface area (Å²) >= 11 is 0. The van der Waals surface area contributed by atoms with Crippen LogP contribution in [0, 0.1) is 34.0 Å². The molecule has 9 heteroatoms. The number of hydrogen-bond acceptors (Lipinski definition) is 6. The third-order valence-corrected chi connectivity index (χ3v) is 2.64. The first-order valence-electron chi connectivity index (χ1n) is 6.41. The van der Waals surface area contributed by atoms with Crippen LogP contribution in [0.2, 0.25) is 0 Å². The van der Waals surface area contributed by atoms with Crippen molar-refractivity contribution in [2.45, 2.75) is 6.18 Å². The highest BCUT2D eigenvalue weighted by Gasteiger charge is 2.31. The molecule has 0 spiro atoms. The molecule has 0 unspecified atom stereocenters. The van der Waals surface area contributed by atoms with E-state index in [0.29, 0.717) is 0 Å². The molecule has 0 bridgehead atoms. The fourth-order valence-electron chi connectivity index (χ4n) is 1.59. The Morgan fingerprint density at radius 2 is 1.75 bits per heavy atom. The lowest BCUT2D eigenvalue weighted by Crippen LogP contribution is -2.09. The zero-order valence-corrected chi connectivity index (χ0v) is 12.4. The highest BCUT2D eigenvalue weighted by atomic mass is 19.4. The van der Waals surface area contributed by atoms with E-state index in [1.54, 1.807) is 6.07 Å². The van der Waals surface area contributed by atoms with Crippen molar-refractivity contribution in [3.05, 3.63) is 35.0 Å². The number of alkyl halides is 3. The second-order valence-electron chi connectivity index (χ2n) is 4.30. The molecule has 24 heavy (non-hydrogen) atoms. The molecule has 0 aliphatic rings. The minimum Gasteiger partial charge on any atom is -0.491 e. The Morgan fingerprint density at radius 1 is 1.08 bits per heavy atom. The van der Waals surface area contributed by atoms with Crippen molar-refractivity contribution in [1.29, 1.82) is 15.8 Å². The van der Waals surface area contributed by atoms with Gasteiger partial charge in [0.05, 0.1) is 12.2 Å². The first kappa shape index (κ1) is 18.8. The topological polar surface area (TPSA) is 102 Å². The van der Waals surface area contributed by atoms with E-state index in [1.165, 1.54) is 25.3 Å². The van der Waals surface area contributed by atoms with Gasteiger partial charge in [-0.15, -0.1) is 0 Å². The lowest BCUT2D eigenvalue weighted by Gasteiger charge is -2.14. The van der Waals surface area contributed by atoms with E-state index in [9.17, 15) is 13.2 Å². The monoisotopic (exact) mass is 336 g/mol. The minimum absolute atomic E-state index is 0.0276. The molecule has 0 heterocycles. The Kier molecular flexibility index (Phi) is 6.61. The average Bonchev–Trinajstić information content (AvgIpc) is 2.54. The van der Waals surface area contributed by atoms with Gasteiger partial charge in [0.1, 0.15) is 36.3 Å².